The van der Waals surface area contributed by atoms with Crippen LogP contribution >= 0.6 is 0 Å². The summed E-state index contributed by atoms with van der Waals surface area (Å²) in [4.78, 5) is 0. The van der Waals surface area contributed by atoms with Gasteiger partial charge in [0.2, 0.25) is 0 Å². The molecule has 0 radical (unpaired) electrons. The molecule has 28 heavy (non-hydrogen) atoms. The van der Waals surface area contributed by atoms with Crippen molar-refractivity contribution in [3.63, 3.8) is 0 Å². The van der Waals surface area contributed by atoms with Crippen LogP contribution in [0.25, 0.3) is 11.1 Å². The summed E-state index contributed by atoms with van der Waals surface area (Å²) >= 11 is 0. The summed E-state index contributed by atoms with van der Waals surface area (Å²) in [6.45, 7) is 4.36. The maximum absolute atomic E-state index is 12.8. The predicted molar refractivity (Wildman–Crippen MR) is 93.6 cm³/mol. The quantitative estimate of drug-likeness (QED) is 0.551. The van der Waals surface area contributed by atoms with E-state index in [9.17, 15) is 26.3 Å². The predicted octanol–water partition coefficient (Wildman–Crippen LogP) is 6.01. The van der Waals surface area contributed by atoms with Crippen LogP contribution in [0.1, 0.15) is 13.8 Å². The van der Waals surface area contributed by atoms with E-state index in [0.717, 1.165) is 12.1 Å². The van der Waals surface area contributed by atoms with Gasteiger partial charge in [0.1, 0.15) is 11.5 Å². The fraction of sp³-hybridized carbons (Fsp3) is 0.333. The second kappa shape index (κ2) is 8.49. The van der Waals surface area contributed by atoms with Crippen molar-refractivity contribution in [2.45, 2.75) is 26.6 Å². The molecule has 154 valence electrons. The summed E-state index contributed by atoms with van der Waals surface area (Å²) in [7, 11) is 0. The molecule has 0 saturated heterocycles. The lowest BCUT2D eigenvalue weighted by atomic mass is 10.0. The lowest BCUT2D eigenvalue weighted by Gasteiger charge is -2.19. The zero-order chi connectivity index (χ0) is 20.9. The van der Waals surface area contributed by atoms with E-state index >= 15 is 0 Å². The fourth-order valence-corrected chi connectivity index (χ4v) is 2.54. The number of ether oxygens (including phenoxy) is 2. The lowest BCUT2D eigenvalue weighted by Crippen LogP contribution is -2.19. The summed E-state index contributed by atoms with van der Waals surface area (Å²) in [5.41, 5.74) is 0.267. The number of nitrogens with one attached hydrogen (secondary N) is 2. The molecule has 0 aromatic heterocycles. The van der Waals surface area contributed by atoms with Crippen LogP contribution in [0.2, 0.25) is 0 Å². The molecule has 0 aliphatic carbocycles. The van der Waals surface area contributed by atoms with E-state index in [4.69, 9.17) is 0 Å². The normalized spacial score (nSPS) is 11.9. The number of alkyl halides is 6. The van der Waals surface area contributed by atoms with Crippen molar-refractivity contribution in [3.05, 3.63) is 36.4 Å². The maximum atomic E-state index is 12.8. The minimum atomic E-state index is -5.02. The first-order valence-electron chi connectivity index (χ1n) is 8.30. The van der Waals surface area contributed by atoms with Gasteiger partial charge in [0.25, 0.3) is 0 Å². The van der Waals surface area contributed by atoms with Gasteiger partial charge in [0.05, 0.1) is 0 Å². The number of benzene rings is 2. The lowest BCUT2D eigenvalue weighted by molar-refractivity contribution is -0.276. The van der Waals surface area contributed by atoms with Crippen LogP contribution in [0.3, 0.4) is 0 Å². The van der Waals surface area contributed by atoms with Crippen LogP contribution < -0.4 is 20.1 Å². The molecule has 0 amide bonds. The van der Waals surface area contributed by atoms with Gasteiger partial charge < -0.3 is 20.1 Å². The van der Waals surface area contributed by atoms with Crippen molar-refractivity contribution in [2.24, 2.45) is 0 Å². The Morgan fingerprint density at radius 1 is 0.679 bits per heavy atom. The Kier molecular flexibility index (Phi) is 6.52. The van der Waals surface area contributed by atoms with Crippen LogP contribution in [0.5, 0.6) is 11.5 Å². The molecule has 2 aromatic carbocycles. The van der Waals surface area contributed by atoms with E-state index in [0.29, 0.717) is 24.5 Å². The molecule has 0 spiro atoms. The highest BCUT2D eigenvalue weighted by Crippen LogP contribution is 2.42. The first-order chi connectivity index (χ1) is 13.0. The molecule has 2 N–H and O–H groups in total. The van der Waals surface area contributed by atoms with Crippen LogP contribution in [-0.2, 0) is 0 Å². The molecule has 2 aromatic rings. The Hall–Kier alpha value is -2.78. The monoisotopic (exact) mass is 408 g/mol. The van der Waals surface area contributed by atoms with E-state index in [2.05, 4.69) is 20.1 Å². The van der Waals surface area contributed by atoms with Crippen LogP contribution in [0.4, 0.5) is 37.7 Å². The standard InChI is InChI=1S/C18H18F6N2O2/c1-3-25-11-5-7-13(15(9-11)27-17(19,20)21)14-8-6-12(26-4-2)10-16(14)28-18(22,23)24/h5-10,25-26H,3-4H2,1-2H3. The minimum absolute atomic E-state index is 0.193. The molecule has 10 heteroatoms. The molecular formula is C18H18F6N2O2. The molecule has 4 nitrogen and oxygen atoms in total. The van der Waals surface area contributed by atoms with Gasteiger partial charge in [-0.15, -0.1) is 26.3 Å². The minimum Gasteiger partial charge on any atom is -0.405 e. The van der Waals surface area contributed by atoms with E-state index < -0.39 is 24.2 Å². The smallest absolute Gasteiger partial charge is 0.405 e. The van der Waals surface area contributed by atoms with Crippen molar-refractivity contribution in [1.82, 2.24) is 0 Å². The molecule has 0 aliphatic rings. The molecule has 0 atom stereocenters. The number of hydrogen-bond donors (Lipinski definition) is 2. The van der Waals surface area contributed by atoms with E-state index in [1.807, 2.05) is 0 Å². The highest BCUT2D eigenvalue weighted by Gasteiger charge is 2.35. The zero-order valence-corrected chi connectivity index (χ0v) is 15.0. The van der Waals surface area contributed by atoms with Gasteiger partial charge in [-0.3, -0.25) is 0 Å². The molecule has 0 unspecified atom stereocenters. The van der Waals surface area contributed by atoms with Crippen molar-refractivity contribution in [1.29, 1.82) is 0 Å². The summed E-state index contributed by atoms with van der Waals surface area (Å²) in [6.07, 6.45) is -10.0. The van der Waals surface area contributed by atoms with Crippen molar-refractivity contribution in [3.8, 4) is 22.6 Å². The molecule has 0 heterocycles. The van der Waals surface area contributed by atoms with E-state index in [-0.39, 0.29) is 11.1 Å². The highest BCUT2D eigenvalue weighted by atomic mass is 19.4. The largest absolute Gasteiger partial charge is 0.573 e. The van der Waals surface area contributed by atoms with Gasteiger partial charge in [0, 0.05) is 47.7 Å². The Morgan fingerprint density at radius 2 is 1.04 bits per heavy atom. The summed E-state index contributed by atoms with van der Waals surface area (Å²) in [5, 5.41) is 5.64. The van der Waals surface area contributed by atoms with Gasteiger partial charge in [-0.2, -0.15) is 0 Å². The molecule has 2 rings (SSSR count). The third-order valence-corrected chi connectivity index (χ3v) is 3.47. The Labute approximate surface area is 157 Å². The van der Waals surface area contributed by atoms with Crippen LogP contribution in [0.15, 0.2) is 36.4 Å². The number of rotatable bonds is 7. The number of anilines is 2. The molecule has 0 aliphatic heterocycles. The first kappa shape index (κ1) is 21.5. The summed E-state index contributed by atoms with van der Waals surface area (Å²) < 4.78 is 85.1. The van der Waals surface area contributed by atoms with Gasteiger partial charge in [0.15, 0.2) is 0 Å². The Balaban J connectivity index is 2.60. The third kappa shape index (κ3) is 6.14. The maximum Gasteiger partial charge on any atom is 0.573 e. The fourth-order valence-electron chi connectivity index (χ4n) is 2.54. The third-order valence-electron chi connectivity index (χ3n) is 3.47. The first-order valence-corrected chi connectivity index (χ1v) is 8.30. The molecule has 0 bridgehead atoms. The summed E-state index contributed by atoms with van der Waals surface area (Å²) in [6, 6.07) is 7.51. The highest BCUT2D eigenvalue weighted by molar-refractivity contribution is 5.79. The average Bonchev–Trinajstić information content (AvgIpc) is 2.54. The second-order valence-corrected chi connectivity index (χ2v) is 5.58. The van der Waals surface area contributed by atoms with Gasteiger partial charge in [-0.1, -0.05) is 0 Å². The molecule has 0 fully saturated rings. The molecular weight excluding hydrogens is 390 g/mol. The van der Waals surface area contributed by atoms with Crippen LogP contribution in [-0.4, -0.2) is 25.8 Å². The SMILES string of the molecule is CCNc1ccc(-c2ccc(NCC)cc2OC(F)(F)F)c(OC(F)(F)F)c1. The molecule has 0 saturated carbocycles. The number of hydrogen-bond acceptors (Lipinski definition) is 4. The van der Waals surface area contributed by atoms with E-state index in [1.165, 1.54) is 24.3 Å². The Bertz CT molecular complexity index is 738. The van der Waals surface area contributed by atoms with E-state index in [1.54, 1.807) is 13.8 Å². The second-order valence-electron chi connectivity index (χ2n) is 5.58. The van der Waals surface area contributed by atoms with Gasteiger partial charge in [-0.25, -0.2) is 0 Å². The van der Waals surface area contributed by atoms with Crippen LogP contribution in [0, 0.1) is 0 Å². The number of halogens is 6. The van der Waals surface area contributed by atoms with Gasteiger partial charge >= 0.3 is 12.7 Å². The average molecular weight is 408 g/mol. The Morgan fingerprint density at radius 3 is 1.32 bits per heavy atom. The summed E-state index contributed by atoms with van der Waals surface area (Å²) in [5.74, 6) is -1.29. The van der Waals surface area contributed by atoms with Gasteiger partial charge in [-0.05, 0) is 38.1 Å². The van der Waals surface area contributed by atoms with Crippen molar-refractivity contribution < 1.29 is 35.8 Å². The van der Waals surface area contributed by atoms with Crippen molar-refractivity contribution in [2.75, 3.05) is 23.7 Å². The zero-order valence-electron chi connectivity index (χ0n) is 15.0. The van der Waals surface area contributed by atoms with Crippen molar-refractivity contribution >= 4 is 11.4 Å². The topological polar surface area (TPSA) is 42.5 Å².